The van der Waals surface area contributed by atoms with Crippen molar-refractivity contribution in [3.05, 3.63) is 29.3 Å². The van der Waals surface area contributed by atoms with Gasteiger partial charge in [-0.3, -0.25) is 11.3 Å². The summed E-state index contributed by atoms with van der Waals surface area (Å²) in [5.74, 6) is 7.34. The van der Waals surface area contributed by atoms with E-state index in [1.54, 1.807) is 11.3 Å². The van der Waals surface area contributed by atoms with Gasteiger partial charge in [-0.15, -0.1) is 11.3 Å². The molecule has 3 atom stereocenters. The number of aromatic nitrogens is 1. The Bertz CT molecular complexity index is 533. The molecule has 0 bridgehead atoms. The number of nitrogens with two attached hydrogens (primary N) is 1. The molecule has 3 rings (SSSR count). The summed E-state index contributed by atoms with van der Waals surface area (Å²) in [4.78, 5) is 4.74. The van der Waals surface area contributed by atoms with Crippen LogP contribution in [0.3, 0.4) is 0 Å². The zero-order valence-electron chi connectivity index (χ0n) is 12.0. The van der Waals surface area contributed by atoms with E-state index in [0.29, 0.717) is 12.0 Å². The predicted molar refractivity (Wildman–Crippen MR) is 85.6 cm³/mol. The molecule has 1 saturated carbocycles. The molecule has 0 aliphatic heterocycles. The van der Waals surface area contributed by atoms with E-state index in [-0.39, 0.29) is 0 Å². The van der Waals surface area contributed by atoms with Crippen LogP contribution in [-0.2, 0) is 6.42 Å². The summed E-state index contributed by atoms with van der Waals surface area (Å²) in [5.41, 5.74) is 4.16. The molecule has 4 heteroatoms. The first-order valence-electron chi connectivity index (χ1n) is 7.57. The third kappa shape index (κ3) is 3.03. The third-order valence-electron chi connectivity index (χ3n) is 4.49. The SMILES string of the molecule is CC1CCCC(C(Cc2nc3ccccc3s2)NN)C1. The lowest BCUT2D eigenvalue weighted by atomic mass is 9.78. The molecule has 3 nitrogen and oxygen atoms in total. The zero-order valence-corrected chi connectivity index (χ0v) is 12.8. The van der Waals surface area contributed by atoms with E-state index < -0.39 is 0 Å². The van der Waals surface area contributed by atoms with Gasteiger partial charge >= 0.3 is 0 Å². The standard InChI is InChI=1S/C16H23N3S/c1-11-5-4-6-12(9-11)14(19-17)10-16-18-13-7-2-3-8-15(13)20-16/h2-3,7-8,11-12,14,19H,4-6,9-10,17H2,1H3. The van der Waals surface area contributed by atoms with Gasteiger partial charge in [-0.05, 0) is 36.8 Å². The molecule has 3 N–H and O–H groups in total. The first-order chi connectivity index (χ1) is 9.76. The van der Waals surface area contributed by atoms with Crippen LogP contribution in [0.1, 0.15) is 37.6 Å². The number of benzene rings is 1. The highest BCUT2D eigenvalue weighted by Crippen LogP contribution is 2.32. The number of hydrazine groups is 1. The van der Waals surface area contributed by atoms with Crippen LogP contribution in [0, 0.1) is 11.8 Å². The van der Waals surface area contributed by atoms with Gasteiger partial charge in [0.1, 0.15) is 0 Å². The molecule has 1 aliphatic rings. The summed E-state index contributed by atoms with van der Waals surface area (Å²) in [6.45, 7) is 2.36. The van der Waals surface area contributed by atoms with Gasteiger partial charge in [0.25, 0.3) is 0 Å². The lowest BCUT2D eigenvalue weighted by Gasteiger charge is -2.32. The monoisotopic (exact) mass is 289 g/mol. The molecule has 20 heavy (non-hydrogen) atoms. The molecule has 0 amide bonds. The maximum Gasteiger partial charge on any atom is 0.0954 e. The summed E-state index contributed by atoms with van der Waals surface area (Å²) >= 11 is 1.80. The minimum Gasteiger partial charge on any atom is -0.271 e. The van der Waals surface area contributed by atoms with Crippen molar-refractivity contribution < 1.29 is 0 Å². The highest BCUT2D eigenvalue weighted by molar-refractivity contribution is 7.18. The Morgan fingerprint density at radius 3 is 3.00 bits per heavy atom. The largest absolute Gasteiger partial charge is 0.271 e. The van der Waals surface area contributed by atoms with E-state index >= 15 is 0 Å². The number of fused-ring (bicyclic) bond motifs is 1. The van der Waals surface area contributed by atoms with Crippen LogP contribution in [-0.4, -0.2) is 11.0 Å². The van der Waals surface area contributed by atoms with Crippen molar-refractivity contribution in [3.63, 3.8) is 0 Å². The van der Waals surface area contributed by atoms with Gasteiger partial charge in [0.2, 0.25) is 0 Å². The Kier molecular flexibility index (Phi) is 4.34. The van der Waals surface area contributed by atoms with E-state index in [4.69, 9.17) is 10.8 Å². The Hall–Kier alpha value is -0.970. The third-order valence-corrected chi connectivity index (χ3v) is 5.55. The number of rotatable bonds is 4. The molecule has 108 valence electrons. The van der Waals surface area contributed by atoms with Crippen LogP contribution in [0.15, 0.2) is 24.3 Å². The topological polar surface area (TPSA) is 50.9 Å². The molecule has 0 spiro atoms. The summed E-state index contributed by atoms with van der Waals surface area (Å²) in [6, 6.07) is 8.71. The van der Waals surface area contributed by atoms with Crippen LogP contribution in [0.5, 0.6) is 0 Å². The van der Waals surface area contributed by atoms with Crippen LogP contribution in [0.4, 0.5) is 0 Å². The Morgan fingerprint density at radius 2 is 2.25 bits per heavy atom. The van der Waals surface area contributed by atoms with E-state index in [1.165, 1.54) is 35.4 Å². The molecule has 1 aromatic carbocycles. The van der Waals surface area contributed by atoms with Gasteiger partial charge in [-0.1, -0.05) is 31.9 Å². The number of nitrogens with zero attached hydrogens (tertiary/aromatic N) is 1. The van der Waals surface area contributed by atoms with Crippen LogP contribution < -0.4 is 11.3 Å². The second-order valence-electron chi connectivity index (χ2n) is 6.08. The van der Waals surface area contributed by atoms with Crippen LogP contribution >= 0.6 is 11.3 Å². The van der Waals surface area contributed by atoms with Crippen molar-refractivity contribution in [2.24, 2.45) is 17.7 Å². The minimum atomic E-state index is 0.360. The fourth-order valence-corrected chi connectivity index (χ4v) is 4.43. The Labute approximate surface area is 124 Å². The fraction of sp³-hybridized carbons (Fsp3) is 0.562. The Morgan fingerprint density at radius 1 is 1.40 bits per heavy atom. The molecular formula is C16H23N3S. The molecular weight excluding hydrogens is 266 g/mol. The summed E-state index contributed by atoms with van der Waals surface area (Å²) < 4.78 is 1.27. The number of hydrogen-bond acceptors (Lipinski definition) is 4. The zero-order chi connectivity index (χ0) is 13.9. The highest BCUT2D eigenvalue weighted by Gasteiger charge is 2.26. The quantitative estimate of drug-likeness (QED) is 0.669. The maximum atomic E-state index is 5.82. The van der Waals surface area contributed by atoms with Gasteiger partial charge < -0.3 is 0 Å². The average molecular weight is 289 g/mol. The van der Waals surface area contributed by atoms with Crippen LogP contribution in [0.2, 0.25) is 0 Å². The van der Waals surface area contributed by atoms with Crippen molar-refractivity contribution in [3.8, 4) is 0 Å². The van der Waals surface area contributed by atoms with Crippen molar-refractivity contribution >= 4 is 21.6 Å². The van der Waals surface area contributed by atoms with Crippen molar-refractivity contribution in [2.45, 2.75) is 45.1 Å². The summed E-state index contributed by atoms with van der Waals surface area (Å²) in [5, 5.41) is 1.20. The number of hydrogen-bond donors (Lipinski definition) is 2. The van der Waals surface area contributed by atoms with E-state index in [2.05, 4.69) is 30.5 Å². The number of nitrogens with one attached hydrogen (secondary N) is 1. The highest BCUT2D eigenvalue weighted by atomic mass is 32.1. The molecule has 3 unspecified atom stereocenters. The van der Waals surface area contributed by atoms with Gasteiger partial charge in [0, 0.05) is 12.5 Å². The number of thiazole rings is 1. The second kappa shape index (κ2) is 6.20. The van der Waals surface area contributed by atoms with Gasteiger partial charge in [0.05, 0.1) is 15.2 Å². The lowest BCUT2D eigenvalue weighted by Crippen LogP contribution is -2.43. The van der Waals surface area contributed by atoms with Crippen molar-refractivity contribution in [2.75, 3.05) is 0 Å². The molecule has 1 aliphatic carbocycles. The smallest absolute Gasteiger partial charge is 0.0954 e. The van der Waals surface area contributed by atoms with E-state index in [0.717, 1.165) is 17.9 Å². The lowest BCUT2D eigenvalue weighted by molar-refractivity contribution is 0.222. The molecule has 1 fully saturated rings. The van der Waals surface area contributed by atoms with Gasteiger partial charge in [0.15, 0.2) is 0 Å². The van der Waals surface area contributed by atoms with Gasteiger partial charge in [-0.25, -0.2) is 4.98 Å². The van der Waals surface area contributed by atoms with Gasteiger partial charge in [-0.2, -0.15) is 0 Å². The maximum absolute atomic E-state index is 5.82. The summed E-state index contributed by atoms with van der Waals surface area (Å²) in [7, 11) is 0. The average Bonchev–Trinajstić information content (AvgIpc) is 2.87. The fourth-order valence-electron chi connectivity index (χ4n) is 3.40. The summed E-state index contributed by atoms with van der Waals surface area (Å²) in [6.07, 6.45) is 6.25. The minimum absolute atomic E-state index is 0.360. The van der Waals surface area contributed by atoms with Crippen molar-refractivity contribution in [1.29, 1.82) is 0 Å². The number of para-hydroxylation sites is 1. The van der Waals surface area contributed by atoms with E-state index in [9.17, 15) is 0 Å². The van der Waals surface area contributed by atoms with Crippen LogP contribution in [0.25, 0.3) is 10.2 Å². The molecule has 0 radical (unpaired) electrons. The molecule has 2 aromatic rings. The first kappa shape index (κ1) is 14.0. The normalized spacial score (nSPS) is 24.9. The molecule has 1 aromatic heterocycles. The van der Waals surface area contributed by atoms with Crippen molar-refractivity contribution in [1.82, 2.24) is 10.4 Å². The molecule has 1 heterocycles. The van der Waals surface area contributed by atoms with E-state index in [1.807, 2.05) is 6.07 Å². The predicted octanol–water partition coefficient (Wildman–Crippen LogP) is 3.50. The second-order valence-corrected chi connectivity index (χ2v) is 7.20. The Balaban J connectivity index is 1.73. The molecule has 0 saturated heterocycles. The first-order valence-corrected chi connectivity index (χ1v) is 8.38.